The van der Waals surface area contributed by atoms with E-state index in [2.05, 4.69) is 9.97 Å². The van der Waals surface area contributed by atoms with Crippen LogP contribution in [-0.4, -0.2) is 23.0 Å². The summed E-state index contributed by atoms with van der Waals surface area (Å²) in [7, 11) is 1.26. The van der Waals surface area contributed by atoms with Crippen LogP contribution in [0.15, 0.2) is 36.7 Å². The van der Waals surface area contributed by atoms with Gasteiger partial charge in [0.05, 0.1) is 13.3 Å². The monoisotopic (exact) mass is 300 g/mol. The Labute approximate surface area is 125 Å². The van der Waals surface area contributed by atoms with E-state index in [1.165, 1.54) is 25.4 Å². The second-order valence-corrected chi connectivity index (χ2v) is 4.73. The number of H-pyrrole nitrogens is 1. The fourth-order valence-corrected chi connectivity index (χ4v) is 2.16. The topological polar surface area (TPSA) is 64.2 Å². The van der Waals surface area contributed by atoms with Gasteiger partial charge >= 0.3 is 5.97 Å². The van der Waals surface area contributed by atoms with E-state index in [1.54, 1.807) is 19.2 Å². The number of fused-ring (bicyclic) bond motifs is 1. The minimum atomic E-state index is -0.589. The van der Waals surface area contributed by atoms with E-state index in [4.69, 9.17) is 9.47 Å². The number of pyridine rings is 1. The van der Waals surface area contributed by atoms with Crippen LogP contribution in [0.3, 0.4) is 0 Å². The van der Waals surface area contributed by atoms with Gasteiger partial charge in [-0.25, -0.2) is 14.2 Å². The Morgan fingerprint density at radius 2 is 2.14 bits per heavy atom. The summed E-state index contributed by atoms with van der Waals surface area (Å²) in [5, 5.41) is 0.853. The second-order valence-electron chi connectivity index (χ2n) is 4.73. The van der Waals surface area contributed by atoms with Crippen LogP contribution in [0.25, 0.3) is 11.0 Å². The normalized spacial score (nSPS) is 10.7. The fraction of sp³-hybridized carbons (Fsp3) is 0.125. The number of hydrogen-bond acceptors (Lipinski definition) is 4. The molecule has 0 spiro atoms. The van der Waals surface area contributed by atoms with Crippen LogP contribution in [0.1, 0.15) is 15.9 Å². The Morgan fingerprint density at radius 3 is 2.91 bits per heavy atom. The molecule has 2 aromatic heterocycles. The number of nitrogens with one attached hydrogen (secondary N) is 1. The van der Waals surface area contributed by atoms with E-state index >= 15 is 0 Å². The lowest BCUT2D eigenvalue weighted by atomic mass is 10.1. The van der Waals surface area contributed by atoms with Gasteiger partial charge in [-0.05, 0) is 31.2 Å². The summed E-state index contributed by atoms with van der Waals surface area (Å²) >= 11 is 0. The summed E-state index contributed by atoms with van der Waals surface area (Å²) in [6.45, 7) is 1.54. The van der Waals surface area contributed by atoms with Gasteiger partial charge < -0.3 is 14.5 Å². The molecular formula is C16H13FN2O3. The Balaban J connectivity index is 2.06. The van der Waals surface area contributed by atoms with Crippen molar-refractivity contribution < 1.29 is 18.7 Å². The number of carbonyl (C=O) groups is 1. The van der Waals surface area contributed by atoms with Crippen LogP contribution in [0.5, 0.6) is 11.5 Å². The van der Waals surface area contributed by atoms with Crippen LogP contribution in [0.4, 0.5) is 4.39 Å². The average molecular weight is 300 g/mol. The van der Waals surface area contributed by atoms with Gasteiger partial charge in [0.25, 0.3) is 0 Å². The van der Waals surface area contributed by atoms with Crippen molar-refractivity contribution in [2.24, 2.45) is 0 Å². The van der Waals surface area contributed by atoms with E-state index in [1.807, 2.05) is 6.07 Å². The predicted molar refractivity (Wildman–Crippen MR) is 78.6 cm³/mol. The average Bonchev–Trinajstić information content (AvgIpc) is 2.99. The number of hydrogen-bond donors (Lipinski definition) is 1. The maximum absolute atomic E-state index is 13.8. The number of ether oxygens (including phenoxy) is 2. The molecule has 3 rings (SSSR count). The molecule has 0 aliphatic heterocycles. The van der Waals surface area contributed by atoms with Crippen LogP contribution >= 0.6 is 0 Å². The Morgan fingerprint density at radius 1 is 1.32 bits per heavy atom. The lowest BCUT2D eigenvalue weighted by Crippen LogP contribution is -2.06. The van der Waals surface area contributed by atoms with Crippen molar-refractivity contribution in [2.75, 3.05) is 7.11 Å². The van der Waals surface area contributed by atoms with Crippen molar-refractivity contribution in [1.82, 2.24) is 9.97 Å². The first-order valence-electron chi connectivity index (χ1n) is 6.58. The minimum Gasteiger partial charge on any atom is -0.465 e. The standard InChI is InChI=1S/C16H13FN2O3/c1-9-13(17)4-3-12(16(20)21-2)14(9)22-11-7-10-5-6-18-15(10)19-8-11/h3-8H,1-2H3,(H,18,19). The first-order chi connectivity index (χ1) is 10.6. The summed E-state index contributed by atoms with van der Waals surface area (Å²) in [6.07, 6.45) is 3.26. The zero-order valence-corrected chi connectivity index (χ0v) is 12.0. The van der Waals surface area contributed by atoms with Crippen molar-refractivity contribution >= 4 is 17.0 Å². The van der Waals surface area contributed by atoms with Gasteiger partial charge in [-0.15, -0.1) is 0 Å². The number of benzene rings is 1. The molecule has 5 nitrogen and oxygen atoms in total. The molecule has 3 aromatic rings. The van der Waals surface area contributed by atoms with Gasteiger partial charge in [0, 0.05) is 17.1 Å². The Kier molecular flexibility index (Phi) is 3.50. The number of esters is 1. The third kappa shape index (κ3) is 2.39. The molecule has 0 unspecified atom stereocenters. The number of aromatic nitrogens is 2. The largest absolute Gasteiger partial charge is 0.465 e. The third-order valence-corrected chi connectivity index (χ3v) is 3.34. The molecule has 0 saturated heterocycles. The van der Waals surface area contributed by atoms with Gasteiger partial charge in [0.1, 0.15) is 28.5 Å². The second kappa shape index (κ2) is 5.48. The number of carbonyl (C=O) groups excluding carboxylic acids is 1. The lowest BCUT2D eigenvalue weighted by molar-refractivity contribution is 0.0597. The molecule has 0 amide bonds. The van der Waals surface area contributed by atoms with Crippen molar-refractivity contribution in [1.29, 1.82) is 0 Å². The molecule has 6 heteroatoms. The molecule has 0 aliphatic rings. The zero-order valence-electron chi connectivity index (χ0n) is 12.0. The summed E-state index contributed by atoms with van der Waals surface area (Å²) < 4.78 is 24.2. The quantitative estimate of drug-likeness (QED) is 0.751. The Hall–Kier alpha value is -2.89. The molecule has 0 aliphatic carbocycles. The molecule has 1 N–H and O–H groups in total. The van der Waals surface area contributed by atoms with Gasteiger partial charge in [0.15, 0.2) is 0 Å². The third-order valence-electron chi connectivity index (χ3n) is 3.34. The highest BCUT2D eigenvalue weighted by Gasteiger charge is 2.19. The highest BCUT2D eigenvalue weighted by Crippen LogP contribution is 2.32. The van der Waals surface area contributed by atoms with E-state index in [0.29, 0.717) is 5.75 Å². The first-order valence-corrected chi connectivity index (χ1v) is 6.58. The van der Waals surface area contributed by atoms with E-state index in [0.717, 1.165) is 11.0 Å². The molecule has 0 saturated carbocycles. The van der Waals surface area contributed by atoms with Crippen molar-refractivity contribution in [3.05, 3.63) is 53.6 Å². The molecule has 1 aromatic carbocycles. The van der Waals surface area contributed by atoms with Gasteiger partial charge in [0.2, 0.25) is 0 Å². The number of rotatable bonds is 3. The van der Waals surface area contributed by atoms with E-state index < -0.39 is 11.8 Å². The van der Waals surface area contributed by atoms with Crippen molar-refractivity contribution in [3.8, 4) is 11.5 Å². The molecular weight excluding hydrogens is 287 g/mol. The first kappa shape index (κ1) is 14.1. The molecule has 0 radical (unpaired) electrons. The lowest BCUT2D eigenvalue weighted by Gasteiger charge is -2.13. The summed E-state index contributed by atoms with van der Waals surface area (Å²) in [6, 6.07) is 6.15. The van der Waals surface area contributed by atoms with E-state index in [9.17, 15) is 9.18 Å². The highest BCUT2D eigenvalue weighted by atomic mass is 19.1. The van der Waals surface area contributed by atoms with Crippen LogP contribution in [-0.2, 0) is 4.74 Å². The summed E-state index contributed by atoms with van der Waals surface area (Å²) in [5.41, 5.74) is 1.11. The fourth-order valence-electron chi connectivity index (χ4n) is 2.16. The molecule has 0 atom stereocenters. The highest BCUT2D eigenvalue weighted by molar-refractivity contribution is 5.93. The summed E-state index contributed by atoms with van der Waals surface area (Å²) in [4.78, 5) is 19.0. The number of aromatic amines is 1. The Bertz CT molecular complexity index is 858. The van der Waals surface area contributed by atoms with Gasteiger partial charge in [-0.1, -0.05) is 0 Å². The minimum absolute atomic E-state index is 0.128. The number of halogens is 1. The molecule has 22 heavy (non-hydrogen) atoms. The zero-order chi connectivity index (χ0) is 15.7. The SMILES string of the molecule is COC(=O)c1ccc(F)c(C)c1Oc1cnc2[nH]ccc2c1. The van der Waals surface area contributed by atoms with Crippen molar-refractivity contribution in [2.45, 2.75) is 6.92 Å². The van der Waals surface area contributed by atoms with Gasteiger partial charge in [-0.2, -0.15) is 0 Å². The van der Waals surface area contributed by atoms with Gasteiger partial charge in [-0.3, -0.25) is 0 Å². The molecule has 2 heterocycles. The van der Waals surface area contributed by atoms with Crippen molar-refractivity contribution in [3.63, 3.8) is 0 Å². The molecule has 112 valence electrons. The van der Waals surface area contributed by atoms with Crippen LogP contribution in [0, 0.1) is 12.7 Å². The predicted octanol–water partition coefficient (Wildman–Crippen LogP) is 3.59. The van der Waals surface area contributed by atoms with E-state index in [-0.39, 0.29) is 16.9 Å². The smallest absolute Gasteiger partial charge is 0.341 e. The maximum atomic E-state index is 13.8. The number of methoxy groups -OCH3 is 1. The summed E-state index contributed by atoms with van der Waals surface area (Å²) in [5.74, 6) is -0.512. The molecule has 0 bridgehead atoms. The van der Waals surface area contributed by atoms with Crippen LogP contribution in [0.2, 0.25) is 0 Å². The maximum Gasteiger partial charge on any atom is 0.341 e. The molecule has 0 fully saturated rings. The number of nitrogens with zero attached hydrogens (tertiary/aromatic N) is 1. The van der Waals surface area contributed by atoms with Crippen LogP contribution < -0.4 is 4.74 Å².